The average molecular weight is 527 g/mol. The Hall–Kier alpha value is -5.74. The molecule has 0 aliphatic heterocycles. The highest BCUT2D eigenvalue weighted by Crippen LogP contribution is 2.24. The third kappa shape index (κ3) is 5.15. The number of rotatable bonds is 4. The van der Waals surface area contributed by atoms with E-state index in [-0.39, 0.29) is 0 Å². The highest BCUT2D eigenvalue weighted by atomic mass is 15.3. The molecule has 196 valence electrons. The Morgan fingerprint density at radius 1 is 0.600 bits per heavy atom. The van der Waals surface area contributed by atoms with Crippen LogP contribution in [0.25, 0.3) is 11.3 Å². The first kappa shape index (κ1) is 25.9. The molecule has 0 saturated carbocycles. The molecule has 10 nitrogen and oxygen atoms in total. The van der Waals surface area contributed by atoms with Gasteiger partial charge in [-0.05, 0) is 64.1 Å². The minimum Gasteiger partial charge on any atom is -0.338 e. The first-order chi connectivity index (χ1) is 19.4. The van der Waals surface area contributed by atoms with Gasteiger partial charge in [0.2, 0.25) is 0 Å². The van der Waals surface area contributed by atoms with Gasteiger partial charge in [0, 0.05) is 34.2 Å². The molecule has 0 bridgehead atoms. The highest BCUT2D eigenvalue weighted by molar-refractivity contribution is 5.73. The van der Waals surface area contributed by atoms with Crippen LogP contribution in [0.4, 0.5) is 23.0 Å². The van der Waals surface area contributed by atoms with E-state index in [9.17, 15) is 10.5 Å². The number of aryl methyl sites for hydroxylation is 4. The van der Waals surface area contributed by atoms with Crippen molar-refractivity contribution in [3.8, 4) is 12.1 Å². The van der Waals surface area contributed by atoms with Crippen LogP contribution in [0.15, 0.2) is 72.8 Å². The predicted octanol–water partition coefficient (Wildman–Crippen LogP) is 5.92. The molecule has 0 spiro atoms. The van der Waals surface area contributed by atoms with Crippen molar-refractivity contribution in [2.75, 3.05) is 10.6 Å². The Kier molecular flexibility index (Phi) is 7.08. The number of hydrogen-bond acceptors (Lipinski definition) is 8. The van der Waals surface area contributed by atoms with E-state index < -0.39 is 0 Å². The molecule has 0 radical (unpaired) electrons. The molecule has 0 atom stereocenters. The van der Waals surface area contributed by atoms with Gasteiger partial charge < -0.3 is 10.6 Å². The van der Waals surface area contributed by atoms with Crippen LogP contribution in [-0.4, -0.2) is 29.2 Å². The lowest BCUT2D eigenvalue weighted by Crippen LogP contribution is -1.97. The standard InChI is InChI=1S/2C15H13N5/c2*1-10-8-11(2)20-15(17-10)13(9-16)14(19-20)18-12-6-4-3-5-7-12/h2*3-8H,1-2H3,(H,18,19). The molecule has 4 heterocycles. The topological polar surface area (TPSA) is 132 Å². The first-order valence-electron chi connectivity index (χ1n) is 12.6. The number of anilines is 4. The van der Waals surface area contributed by atoms with Gasteiger partial charge in [-0.1, -0.05) is 36.4 Å². The van der Waals surface area contributed by atoms with Crippen molar-refractivity contribution in [1.29, 1.82) is 10.5 Å². The van der Waals surface area contributed by atoms with Gasteiger partial charge in [0.1, 0.15) is 23.3 Å². The van der Waals surface area contributed by atoms with Crippen molar-refractivity contribution < 1.29 is 0 Å². The summed E-state index contributed by atoms with van der Waals surface area (Å²) in [6.07, 6.45) is 0. The molecule has 0 saturated heterocycles. The fraction of sp³-hybridized carbons (Fsp3) is 0.133. The van der Waals surface area contributed by atoms with E-state index >= 15 is 0 Å². The van der Waals surface area contributed by atoms with Crippen molar-refractivity contribution >= 4 is 34.3 Å². The molecule has 4 aromatic heterocycles. The van der Waals surface area contributed by atoms with Crippen molar-refractivity contribution in [1.82, 2.24) is 29.2 Å². The molecule has 6 rings (SSSR count). The van der Waals surface area contributed by atoms with Gasteiger partial charge in [-0.25, -0.2) is 19.0 Å². The van der Waals surface area contributed by atoms with E-state index in [2.05, 4.69) is 42.9 Å². The summed E-state index contributed by atoms with van der Waals surface area (Å²) in [4.78, 5) is 8.82. The lowest BCUT2D eigenvalue weighted by molar-refractivity contribution is 0.889. The quantitative estimate of drug-likeness (QED) is 0.289. The summed E-state index contributed by atoms with van der Waals surface area (Å²) in [5, 5.41) is 34.0. The van der Waals surface area contributed by atoms with Gasteiger partial charge in [-0.15, -0.1) is 10.2 Å². The third-order valence-corrected chi connectivity index (χ3v) is 6.09. The van der Waals surface area contributed by atoms with E-state index in [1.807, 2.05) is 100 Å². The summed E-state index contributed by atoms with van der Waals surface area (Å²) >= 11 is 0. The van der Waals surface area contributed by atoms with Crippen LogP contribution >= 0.6 is 0 Å². The molecule has 0 unspecified atom stereocenters. The van der Waals surface area contributed by atoms with Crippen molar-refractivity contribution in [3.63, 3.8) is 0 Å². The lowest BCUT2D eigenvalue weighted by atomic mass is 10.3. The predicted molar refractivity (Wildman–Crippen MR) is 154 cm³/mol. The maximum Gasteiger partial charge on any atom is 0.175 e. The van der Waals surface area contributed by atoms with Crippen LogP contribution in [0.2, 0.25) is 0 Å². The smallest absolute Gasteiger partial charge is 0.175 e. The summed E-state index contributed by atoms with van der Waals surface area (Å²) in [7, 11) is 0. The van der Waals surface area contributed by atoms with Crippen LogP contribution in [0.5, 0.6) is 0 Å². The summed E-state index contributed by atoms with van der Waals surface area (Å²) < 4.78 is 3.38. The van der Waals surface area contributed by atoms with Crippen LogP contribution < -0.4 is 10.6 Å². The number of fused-ring (bicyclic) bond motifs is 2. The molecular weight excluding hydrogens is 500 g/mol. The number of aromatic nitrogens is 6. The second kappa shape index (κ2) is 10.9. The number of nitrogens with one attached hydrogen (secondary N) is 2. The van der Waals surface area contributed by atoms with E-state index in [4.69, 9.17) is 0 Å². The van der Waals surface area contributed by atoms with Gasteiger partial charge in [0.25, 0.3) is 0 Å². The zero-order valence-electron chi connectivity index (χ0n) is 22.5. The van der Waals surface area contributed by atoms with Crippen LogP contribution in [0.3, 0.4) is 0 Å². The van der Waals surface area contributed by atoms with Gasteiger partial charge in [-0.3, -0.25) is 0 Å². The van der Waals surface area contributed by atoms with E-state index in [0.29, 0.717) is 34.1 Å². The number of benzene rings is 2. The Morgan fingerprint density at radius 3 is 1.32 bits per heavy atom. The Balaban J connectivity index is 0.000000161. The van der Waals surface area contributed by atoms with Gasteiger partial charge >= 0.3 is 0 Å². The summed E-state index contributed by atoms with van der Waals surface area (Å²) in [6.45, 7) is 7.71. The first-order valence-corrected chi connectivity index (χ1v) is 12.6. The highest BCUT2D eigenvalue weighted by Gasteiger charge is 2.16. The third-order valence-electron chi connectivity index (χ3n) is 6.09. The number of nitrogens with zero attached hydrogens (tertiary/aromatic N) is 8. The molecule has 0 fully saturated rings. The van der Waals surface area contributed by atoms with Crippen molar-refractivity contribution in [2.24, 2.45) is 0 Å². The largest absolute Gasteiger partial charge is 0.338 e. The fourth-order valence-electron chi connectivity index (χ4n) is 4.34. The fourth-order valence-corrected chi connectivity index (χ4v) is 4.34. The van der Waals surface area contributed by atoms with Crippen LogP contribution in [0, 0.1) is 50.4 Å². The van der Waals surface area contributed by atoms with Crippen molar-refractivity contribution in [2.45, 2.75) is 27.7 Å². The number of nitriles is 2. The molecular formula is C30H26N10. The van der Waals surface area contributed by atoms with Crippen LogP contribution in [-0.2, 0) is 0 Å². The molecule has 2 aromatic carbocycles. The molecule has 2 N–H and O–H groups in total. The monoisotopic (exact) mass is 526 g/mol. The molecule has 0 amide bonds. The molecule has 40 heavy (non-hydrogen) atoms. The maximum atomic E-state index is 9.38. The zero-order chi connectivity index (χ0) is 28.2. The molecule has 6 aromatic rings. The van der Waals surface area contributed by atoms with Gasteiger partial charge in [-0.2, -0.15) is 10.5 Å². The van der Waals surface area contributed by atoms with Gasteiger partial charge in [0.15, 0.2) is 22.9 Å². The minimum absolute atomic E-state index is 0.459. The minimum atomic E-state index is 0.459. The molecule has 0 aliphatic carbocycles. The lowest BCUT2D eigenvalue weighted by Gasteiger charge is -2.01. The van der Waals surface area contributed by atoms with E-state index in [1.165, 1.54) is 0 Å². The van der Waals surface area contributed by atoms with E-state index in [0.717, 1.165) is 34.2 Å². The zero-order valence-corrected chi connectivity index (χ0v) is 22.5. The number of para-hydroxylation sites is 2. The second-order valence-electron chi connectivity index (χ2n) is 9.20. The molecule has 0 aliphatic rings. The van der Waals surface area contributed by atoms with Crippen molar-refractivity contribution in [3.05, 3.63) is 107 Å². The maximum absolute atomic E-state index is 9.38. The average Bonchev–Trinajstić information content (AvgIpc) is 3.47. The summed E-state index contributed by atoms with van der Waals surface area (Å²) in [5.74, 6) is 1.06. The van der Waals surface area contributed by atoms with Crippen LogP contribution in [0.1, 0.15) is 33.9 Å². The Bertz CT molecular complexity index is 1760. The molecule has 10 heteroatoms. The number of hydrogen-bond donors (Lipinski definition) is 2. The normalized spacial score (nSPS) is 10.4. The Labute approximate surface area is 231 Å². The Morgan fingerprint density at radius 2 is 0.975 bits per heavy atom. The summed E-state index contributed by atoms with van der Waals surface area (Å²) in [6, 6.07) is 27.5. The SMILES string of the molecule is Cc1cc(C)n2nc(Nc3ccccc3)c(C#N)c2n1.Cc1cc(C)n2nc(Nc3ccccc3)c(C#N)c2n1. The summed E-state index contributed by atoms with van der Waals surface area (Å²) in [5.41, 5.74) is 7.52. The van der Waals surface area contributed by atoms with Gasteiger partial charge in [0.05, 0.1) is 0 Å². The second-order valence-corrected chi connectivity index (χ2v) is 9.20. The van der Waals surface area contributed by atoms with E-state index in [1.54, 1.807) is 9.03 Å².